The molecule has 0 spiro atoms. The normalized spacial score (nSPS) is 16.7. The van der Waals surface area contributed by atoms with Crippen molar-refractivity contribution < 1.29 is 14.3 Å². The molecule has 2 N–H and O–H groups in total. The Hall–Kier alpha value is -4.09. The lowest BCUT2D eigenvalue weighted by Crippen LogP contribution is -2.40. The first-order valence-electron chi connectivity index (χ1n) is 12.9. The number of nitrogens with zero attached hydrogens (tertiary/aromatic N) is 6. The number of carbonyl (C=O) groups excluding carboxylic acids is 1. The maximum atomic E-state index is 13.2. The van der Waals surface area contributed by atoms with Crippen LogP contribution < -0.4 is 10.2 Å². The number of fused-ring (bicyclic) bond motifs is 1. The summed E-state index contributed by atoms with van der Waals surface area (Å²) in [4.78, 5) is 31.5. The monoisotopic (exact) mass is 514 g/mol. The Labute approximate surface area is 220 Å². The number of piperidine rings is 1. The first-order chi connectivity index (χ1) is 18.7. The van der Waals surface area contributed by atoms with Gasteiger partial charge in [0.25, 0.3) is 5.91 Å². The largest absolute Gasteiger partial charge is 0.381 e. The van der Waals surface area contributed by atoms with E-state index in [4.69, 9.17) is 24.4 Å². The Morgan fingerprint density at radius 1 is 1.05 bits per heavy atom. The van der Waals surface area contributed by atoms with Gasteiger partial charge in [-0.1, -0.05) is 18.2 Å². The van der Waals surface area contributed by atoms with Gasteiger partial charge in [-0.25, -0.2) is 0 Å². The molecule has 2 aromatic heterocycles. The third kappa shape index (κ3) is 5.02. The standard InChI is InChI=1S/C27H30N8O3/c1-37-20-8-10-34(11-9-20)25(36)18-4-2-5-19(16-18)29-26-30-24(21-6-3-7-23-22(21)17-28-33-23)31-27(32-26)35-12-14-38-15-13-35/h2-7,16-17,20H,8-15H2,1H3,(H,28,33)(H,29,30,31,32). The molecule has 2 fully saturated rings. The predicted octanol–water partition coefficient (Wildman–Crippen LogP) is 3.25. The van der Waals surface area contributed by atoms with Crippen molar-refractivity contribution >= 4 is 34.4 Å². The van der Waals surface area contributed by atoms with Crippen molar-refractivity contribution in [1.29, 1.82) is 0 Å². The van der Waals surface area contributed by atoms with E-state index in [1.165, 1.54) is 0 Å². The molecule has 1 amide bonds. The van der Waals surface area contributed by atoms with Crippen molar-refractivity contribution in [3.63, 3.8) is 0 Å². The van der Waals surface area contributed by atoms with Gasteiger partial charge in [0.05, 0.1) is 31.0 Å². The summed E-state index contributed by atoms with van der Waals surface area (Å²) in [6.45, 7) is 4.01. The smallest absolute Gasteiger partial charge is 0.253 e. The Balaban J connectivity index is 1.30. The summed E-state index contributed by atoms with van der Waals surface area (Å²) in [6.07, 6.45) is 3.70. The maximum absolute atomic E-state index is 13.2. The molecule has 0 saturated carbocycles. The number of carbonyl (C=O) groups is 1. The minimum atomic E-state index is 0.0141. The number of hydrogen-bond acceptors (Lipinski definition) is 9. The SMILES string of the molecule is COC1CCN(C(=O)c2cccc(Nc3nc(-c4cccc5[nH]ncc45)nc(N4CCOCC4)n3)c2)CC1. The van der Waals surface area contributed by atoms with Gasteiger partial charge in [0.2, 0.25) is 11.9 Å². The molecule has 2 aliphatic heterocycles. The number of rotatable bonds is 6. The molecule has 38 heavy (non-hydrogen) atoms. The number of ether oxygens (including phenoxy) is 2. The molecule has 0 bridgehead atoms. The molecule has 6 rings (SSSR count). The van der Waals surface area contributed by atoms with Crippen LogP contribution in [0.2, 0.25) is 0 Å². The van der Waals surface area contributed by atoms with Crippen LogP contribution in [0.15, 0.2) is 48.7 Å². The van der Waals surface area contributed by atoms with Crippen LogP contribution in [0.5, 0.6) is 0 Å². The lowest BCUT2D eigenvalue weighted by molar-refractivity contribution is 0.0351. The van der Waals surface area contributed by atoms with E-state index in [2.05, 4.69) is 20.4 Å². The quantitative estimate of drug-likeness (QED) is 0.399. The van der Waals surface area contributed by atoms with Gasteiger partial charge in [0.15, 0.2) is 5.82 Å². The van der Waals surface area contributed by atoms with Crippen molar-refractivity contribution in [2.45, 2.75) is 18.9 Å². The number of likely N-dealkylation sites (tertiary alicyclic amines) is 1. The number of aromatic amines is 1. The number of nitrogens with one attached hydrogen (secondary N) is 2. The third-order valence-corrected chi connectivity index (χ3v) is 7.07. The molecule has 0 atom stereocenters. The van der Waals surface area contributed by atoms with Gasteiger partial charge in [-0.05, 0) is 37.1 Å². The highest BCUT2D eigenvalue weighted by Crippen LogP contribution is 2.28. The van der Waals surface area contributed by atoms with Crippen LogP contribution in [0.1, 0.15) is 23.2 Å². The molecule has 11 nitrogen and oxygen atoms in total. The Morgan fingerprint density at radius 2 is 1.87 bits per heavy atom. The van der Waals surface area contributed by atoms with Crippen LogP contribution in [0.4, 0.5) is 17.6 Å². The number of anilines is 3. The number of amides is 1. The highest BCUT2D eigenvalue weighted by Gasteiger charge is 2.24. The molecule has 2 saturated heterocycles. The number of methoxy groups -OCH3 is 1. The van der Waals surface area contributed by atoms with Crippen molar-refractivity contribution in [1.82, 2.24) is 30.0 Å². The molecular weight excluding hydrogens is 484 g/mol. The first-order valence-corrected chi connectivity index (χ1v) is 12.9. The minimum absolute atomic E-state index is 0.0141. The van der Waals surface area contributed by atoms with Gasteiger partial charge in [0, 0.05) is 55.5 Å². The van der Waals surface area contributed by atoms with Gasteiger partial charge in [-0.2, -0.15) is 20.1 Å². The first kappa shape index (κ1) is 24.3. The van der Waals surface area contributed by atoms with Crippen LogP contribution in [-0.2, 0) is 9.47 Å². The van der Waals surface area contributed by atoms with E-state index in [9.17, 15) is 4.79 Å². The molecule has 4 aromatic rings. The van der Waals surface area contributed by atoms with Crippen LogP contribution in [0, 0.1) is 0 Å². The van der Waals surface area contributed by atoms with E-state index in [1.807, 2.05) is 47.4 Å². The van der Waals surface area contributed by atoms with E-state index in [1.54, 1.807) is 13.3 Å². The highest BCUT2D eigenvalue weighted by molar-refractivity contribution is 5.95. The number of morpholine rings is 1. The molecule has 2 aromatic carbocycles. The summed E-state index contributed by atoms with van der Waals surface area (Å²) in [7, 11) is 1.73. The van der Waals surface area contributed by atoms with Crippen LogP contribution >= 0.6 is 0 Å². The molecule has 0 aliphatic carbocycles. The van der Waals surface area contributed by atoms with E-state index >= 15 is 0 Å². The number of hydrogen-bond donors (Lipinski definition) is 2. The number of benzene rings is 2. The summed E-state index contributed by atoms with van der Waals surface area (Å²) >= 11 is 0. The lowest BCUT2D eigenvalue weighted by Gasteiger charge is -2.31. The van der Waals surface area contributed by atoms with Crippen molar-refractivity contribution in [3.8, 4) is 11.4 Å². The minimum Gasteiger partial charge on any atom is -0.381 e. The second-order valence-corrected chi connectivity index (χ2v) is 9.45. The molecule has 4 heterocycles. The van der Waals surface area contributed by atoms with Gasteiger partial charge in [-0.15, -0.1) is 0 Å². The zero-order valence-electron chi connectivity index (χ0n) is 21.3. The number of aromatic nitrogens is 5. The van der Waals surface area contributed by atoms with E-state index in [0.29, 0.717) is 62.7 Å². The van der Waals surface area contributed by atoms with Crippen LogP contribution in [-0.4, -0.2) is 88.6 Å². The molecule has 2 aliphatic rings. The molecule has 196 valence electrons. The van der Waals surface area contributed by atoms with Crippen molar-refractivity contribution in [3.05, 3.63) is 54.2 Å². The van der Waals surface area contributed by atoms with Crippen molar-refractivity contribution in [2.24, 2.45) is 0 Å². The zero-order chi connectivity index (χ0) is 25.9. The Bertz CT molecular complexity index is 1430. The number of H-pyrrole nitrogens is 1. The summed E-state index contributed by atoms with van der Waals surface area (Å²) < 4.78 is 11.0. The van der Waals surface area contributed by atoms with E-state index < -0.39 is 0 Å². The molecule has 0 radical (unpaired) electrons. The second kappa shape index (κ2) is 10.7. The molecular formula is C27H30N8O3. The summed E-state index contributed by atoms with van der Waals surface area (Å²) in [5.74, 6) is 1.54. The van der Waals surface area contributed by atoms with E-state index in [0.717, 1.165) is 35.0 Å². The summed E-state index contributed by atoms with van der Waals surface area (Å²) in [6, 6.07) is 13.4. The highest BCUT2D eigenvalue weighted by atomic mass is 16.5. The van der Waals surface area contributed by atoms with Crippen LogP contribution in [0.3, 0.4) is 0 Å². The summed E-state index contributed by atoms with van der Waals surface area (Å²) in [5.41, 5.74) is 3.12. The fraction of sp³-hybridized carbons (Fsp3) is 0.370. The molecule has 11 heteroatoms. The van der Waals surface area contributed by atoms with Crippen molar-refractivity contribution in [2.75, 3.05) is 56.7 Å². The third-order valence-electron chi connectivity index (χ3n) is 7.07. The van der Waals surface area contributed by atoms with Crippen LogP contribution in [0.25, 0.3) is 22.3 Å². The zero-order valence-corrected chi connectivity index (χ0v) is 21.3. The van der Waals surface area contributed by atoms with Gasteiger partial charge in [-0.3, -0.25) is 9.89 Å². The average Bonchev–Trinajstić information content (AvgIpc) is 3.47. The maximum Gasteiger partial charge on any atom is 0.253 e. The average molecular weight is 515 g/mol. The van der Waals surface area contributed by atoms with Gasteiger partial charge in [0.1, 0.15) is 0 Å². The second-order valence-electron chi connectivity index (χ2n) is 9.45. The molecule has 0 unspecified atom stereocenters. The predicted molar refractivity (Wildman–Crippen MR) is 144 cm³/mol. The fourth-order valence-electron chi connectivity index (χ4n) is 4.95. The lowest BCUT2D eigenvalue weighted by atomic mass is 10.1. The van der Waals surface area contributed by atoms with E-state index in [-0.39, 0.29) is 12.0 Å². The topological polar surface area (TPSA) is 121 Å². The van der Waals surface area contributed by atoms with Gasteiger partial charge >= 0.3 is 0 Å². The fourth-order valence-corrected chi connectivity index (χ4v) is 4.95. The Kier molecular flexibility index (Phi) is 6.84. The van der Waals surface area contributed by atoms with Gasteiger partial charge < -0.3 is 24.6 Å². The Morgan fingerprint density at radius 3 is 2.68 bits per heavy atom. The summed E-state index contributed by atoms with van der Waals surface area (Å²) in [5, 5.41) is 11.4.